The third-order valence-corrected chi connectivity index (χ3v) is 6.73. The van der Waals surface area contributed by atoms with Crippen molar-refractivity contribution in [1.29, 1.82) is 0 Å². The number of nitrogens with zero attached hydrogens (tertiary/aromatic N) is 7. The van der Waals surface area contributed by atoms with Gasteiger partial charge in [-0.1, -0.05) is 11.2 Å². The number of aromatic nitrogens is 3. The Kier molecular flexibility index (Phi) is 5.56. The first-order chi connectivity index (χ1) is 15.2. The van der Waals surface area contributed by atoms with E-state index in [4.69, 9.17) is 4.52 Å². The molecule has 9 nitrogen and oxygen atoms in total. The summed E-state index contributed by atoms with van der Waals surface area (Å²) < 4.78 is 5.37. The van der Waals surface area contributed by atoms with Crippen molar-refractivity contribution >= 4 is 28.9 Å². The number of likely N-dealkylation sites (N-methyl/N-ethyl adjacent to an activating group) is 1. The van der Waals surface area contributed by atoms with E-state index in [0.717, 1.165) is 55.8 Å². The van der Waals surface area contributed by atoms with Crippen molar-refractivity contribution in [3.8, 4) is 10.6 Å². The van der Waals surface area contributed by atoms with Crippen molar-refractivity contribution in [2.45, 2.75) is 0 Å². The van der Waals surface area contributed by atoms with Crippen LogP contribution in [0.25, 0.3) is 10.6 Å². The van der Waals surface area contributed by atoms with Gasteiger partial charge >= 0.3 is 0 Å². The van der Waals surface area contributed by atoms with Crippen molar-refractivity contribution in [3.05, 3.63) is 41.7 Å². The second kappa shape index (κ2) is 8.64. The van der Waals surface area contributed by atoms with Crippen LogP contribution in [0.15, 0.2) is 40.5 Å². The fraction of sp³-hybridized carbons (Fsp3) is 0.429. The molecule has 0 N–H and O–H groups in total. The molecule has 162 valence electrons. The minimum Gasteiger partial charge on any atom is -0.355 e. The van der Waals surface area contributed by atoms with Crippen molar-refractivity contribution in [3.63, 3.8) is 0 Å². The number of hydrogen-bond donors (Lipinski definition) is 0. The molecule has 0 unspecified atom stereocenters. The lowest BCUT2D eigenvalue weighted by molar-refractivity contribution is 0.0736. The molecule has 2 aliphatic rings. The summed E-state index contributed by atoms with van der Waals surface area (Å²) in [5.41, 5.74) is 0.358. The summed E-state index contributed by atoms with van der Waals surface area (Å²) >= 11 is 1.56. The summed E-state index contributed by atoms with van der Waals surface area (Å²) in [4.78, 5) is 31.5. The number of rotatable bonds is 4. The Balaban J connectivity index is 1.21. The molecular weight excluding hydrogens is 414 g/mol. The molecule has 0 spiro atoms. The minimum atomic E-state index is -0.0907. The first-order valence-electron chi connectivity index (χ1n) is 10.5. The van der Waals surface area contributed by atoms with E-state index < -0.39 is 0 Å². The molecule has 31 heavy (non-hydrogen) atoms. The van der Waals surface area contributed by atoms with Crippen LogP contribution in [0.2, 0.25) is 0 Å². The average molecular weight is 440 g/mol. The molecule has 5 rings (SSSR count). The van der Waals surface area contributed by atoms with E-state index in [0.29, 0.717) is 24.5 Å². The van der Waals surface area contributed by atoms with Crippen LogP contribution in [0.4, 0.5) is 11.6 Å². The van der Waals surface area contributed by atoms with Gasteiger partial charge in [0.15, 0.2) is 11.5 Å². The zero-order chi connectivity index (χ0) is 21.2. The standard InChI is InChI=1S/C21H25N7O2S/c1-25-4-6-26(7-5-25)19-14-20(23-15-22-19)27-8-10-28(11-9-27)21(29)16-13-17(30-24-16)18-3-2-12-31-18/h2-3,12-15H,4-11H2,1H3. The number of amides is 1. The van der Waals surface area contributed by atoms with E-state index in [1.54, 1.807) is 23.7 Å². The van der Waals surface area contributed by atoms with E-state index in [1.807, 2.05) is 22.4 Å². The van der Waals surface area contributed by atoms with Gasteiger partial charge in [-0.3, -0.25) is 4.79 Å². The predicted molar refractivity (Wildman–Crippen MR) is 120 cm³/mol. The van der Waals surface area contributed by atoms with Gasteiger partial charge in [0.1, 0.15) is 18.0 Å². The normalized spacial score (nSPS) is 17.9. The van der Waals surface area contributed by atoms with Gasteiger partial charge in [-0.2, -0.15) is 0 Å². The van der Waals surface area contributed by atoms with Gasteiger partial charge in [0.05, 0.1) is 4.88 Å². The third kappa shape index (κ3) is 4.26. The summed E-state index contributed by atoms with van der Waals surface area (Å²) in [5, 5.41) is 5.96. The second-order valence-corrected chi connectivity index (χ2v) is 8.81. The Morgan fingerprint density at radius 3 is 2.29 bits per heavy atom. The zero-order valence-electron chi connectivity index (χ0n) is 17.5. The van der Waals surface area contributed by atoms with Gasteiger partial charge in [-0.15, -0.1) is 11.3 Å². The van der Waals surface area contributed by atoms with Gasteiger partial charge in [0, 0.05) is 64.5 Å². The van der Waals surface area contributed by atoms with Gasteiger partial charge in [0.25, 0.3) is 5.91 Å². The number of carbonyl (C=O) groups excluding carboxylic acids is 1. The second-order valence-electron chi connectivity index (χ2n) is 7.86. The van der Waals surface area contributed by atoms with Crippen molar-refractivity contribution < 1.29 is 9.32 Å². The lowest BCUT2D eigenvalue weighted by Crippen LogP contribution is -2.49. The van der Waals surface area contributed by atoms with Crippen LogP contribution in [0.5, 0.6) is 0 Å². The molecule has 3 aromatic rings. The molecule has 2 saturated heterocycles. The quantitative estimate of drug-likeness (QED) is 0.610. The van der Waals surface area contributed by atoms with Gasteiger partial charge in [-0.05, 0) is 18.5 Å². The summed E-state index contributed by atoms with van der Waals surface area (Å²) in [7, 11) is 2.14. The minimum absolute atomic E-state index is 0.0907. The van der Waals surface area contributed by atoms with Crippen molar-refractivity contribution in [2.24, 2.45) is 0 Å². The Morgan fingerprint density at radius 2 is 1.65 bits per heavy atom. The van der Waals surface area contributed by atoms with E-state index in [1.165, 1.54) is 0 Å². The highest BCUT2D eigenvalue weighted by molar-refractivity contribution is 7.13. The SMILES string of the molecule is CN1CCN(c2cc(N3CCN(C(=O)c4cc(-c5cccs5)on4)CC3)ncn2)CC1. The Bertz CT molecular complexity index is 1020. The molecule has 2 aliphatic heterocycles. The van der Waals surface area contributed by atoms with Gasteiger partial charge < -0.3 is 24.1 Å². The largest absolute Gasteiger partial charge is 0.355 e. The Hall–Kier alpha value is -2.98. The molecule has 0 radical (unpaired) electrons. The number of thiophene rings is 1. The van der Waals surface area contributed by atoms with Crippen LogP contribution >= 0.6 is 11.3 Å². The third-order valence-electron chi connectivity index (χ3n) is 5.85. The Morgan fingerprint density at radius 1 is 0.968 bits per heavy atom. The van der Waals surface area contributed by atoms with E-state index in [-0.39, 0.29) is 5.91 Å². The van der Waals surface area contributed by atoms with Gasteiger partial charge in [0.2, 0.25) is 0 Å². The van der Waals surface area contributed by atoms with Crippen LogP contribution in [0.1, 0.15) is 10.5 Å². The number of anilines is 2. The average Bonchev–Trinajstić information content (AvgIpc) is 3.51. The molecule has 2 fully saturated rings. The molecule has 5 heterocycles. The first kappa shape index (κ1) is 20.0. The lowest BCUT2D eigenvalue weighted by atomic mass is 10.2. The first-order valence-corrected chi connectivity index (χ1v) is 11.4. The number of piperazine rings is 2. The van der Waals surface area contributed by atoms with Crippen molar-refractivity contribution in [1.82, 2.24) is 24.9 Å². The number of hydrogen-bond acceptors (Lipinski definition) is 9. The monoisotopic (exact) mass is 439 g/mol. The number of carbonyl (C=O) groups is 1. The summed E-state index contributed by atoms with van der Waals surface area (Å²) in [6.07, 6.45) is 1.64. The molecule has 3 aromatic heterocycles. The highest BCUT2D eigenvalue weighted by Gasteiger charge is 2.26. The molecule has 0 atom stereocenters. The maximum absolute atomic E-state index is 12.9. The molecule has 0 bridgehead atoms. The van der Waals surface area contributed by atoms with E-state index >= 15 is 0 Å². The highest BCUT2D eigenvalue weighted by Crippen LogP contribution is 2.26. The van der Waals surface area contributed by atoms with E-state index in [9.17, 15) is 4.79 Å². The fourth-order valence-corrected chi connectivity index (χ4v) is 4.60. The molecule has 0 saturated carbocycles. The van der Waals surface area contributed by atoms with Crippen LogP contribution in [0.3, 0.4) is 0 Å². The Labute approximate surface area is 184 Å². The fourth-order valence-electron chi connectivity index (χ4n) is 3.93. The smallest absolute Gasteiger partial charge is 0.276 e. The lowest BCUT2D eigenvalue weighted by Gasteiger charge is -2.36. The van der Waals surface area contributed by atoms with E-state index in [2.05, 4.69) is 42.9 Å². The summed E-state index contributed by atoms with van der Waals surface area (Å²) in [6, 6.07) is 7.70. The molecule has 10 heteroatoms. The summed E-state index contributed by atoms with van der Waals surface area (Å²) in [5.74, 6) is 2.43. The molecule has 0 aliphatic carbocycles. The predicted octanol–water partition coefficient (Wildman–Crippen LogP) is 1.91. The van der Waals surface area contributed by atoms with Crippen molar-refractivity contribution in [2.75, 3.05) is 69.2 Å². The molecule has 0 aromatic carbocycles. The highest BCUT2D eigenvalue weighted by atomic mass is 32.1. The molecule has 1 amide bonds. The van der Waals surface area contributed by atoms with Crippen LogP contribution in [-0.4, -0.2) is 90.2 Å². The summed E-state index contributed by atoms with van der Waals surface area (Å²) in [6.45, 7) is 6.70. The van der Waals surface area contributed by atoms with Gasteiger partial charge in [-0.25, -0.2) is 9.97 Å². The van der Waals surface area contributed by atoms with Crippen LogP contribution in [0, 0.1) is 0 Å². The molecular formula is C21H25N7O2S. The van der Waals surface area contributed by atoms with Crippen LogP contribution in [-0.2, 0) is 0 Å². The maximum Gasteiger partial charge on any atom is 0.276 e. The zero-order valence-corrected chi connectivity index (χ0v) is 18.3. The maximum atomic E-state index is 12.9. The topological polar surface area (TPSA) is 81.8 Å². The van der Waals surface area contributed by atoms with Crippen LogP contribution < -0.4 is 9.80 Å².